The number of nitrogens with zero attached hydrogens (tertiary/aromatic N) is 3. The van der Waals surface area contributed by atoms with E-state index in [4.69, 9.17) is 4.74 Å². The number of carbonyl (C=O) groups excluding carboxylic acids is 1. The van der Waals surface area contributed by atoms with Gasteiger partial charge in [-0.15, -0.1) is 10.2 Å². The molecule has 0 fully saturated rings. The molecule has 8 nitrogen and oxygen atoms in total. The largest absolute Gasteiger partial charge is 0.495 e. The molecule has 1 aromatic carbocycles. The molecule has 1 heterocycles. The first-order valence-corrected chi connectivity index (χ1v) is 12.4. The molecule has 28 heavy (non-hydrogen) atoms. The van der Waals surface area contributed by atoms with Gasteiger partial charge in [-0.05, 0) is 25.0 Å². The molecule has 0 aliphatic heterocycles. The van der Waals surface area contributed by atoms with Gasteiger partial charge in [-0.25, -0.2) is 8.42 Å². The number of anilines is 2. The zero-order chi connectivity index (χ0) is 20.6. The molecule has 0 spiro atoms. The number of nitrogens with one attached hydrogen (secondary N) is 1. The summed E-state index contributed by atoms with van der Waals surface area (Å²) in [6.45, 7) is 2.25. The van der Waals surface area contributed by atoms with Crippen molar-refractivity contribution in [1.29, 1.82) is 0 Å². The van der Waals surface area contributed by atoms with Crippen molar-refractivity contribution in [2.45, 2.75) is 30.5 Å². The first-order valence-electron chi connectivity index (χ1n) is 8.72. The predicted octanol–water partition coefficient (Wildman–Crippen LogP) is 3.23. The van der Waals surface area contributed by atoms with Crippen LogP contribution in [0.25, 0.3) is 0 Å². The van der Waals surface area contributed by atoms with Crippen LogP contribution >= 0.6 is 23.1 Å². The highest BCUT2D eigenvalue weighted by Gasteiger charge is 2.21. The van der Waals surface area contributed by atoms with Crippen molar-refractivity contribution < 1.29 is 17.9 Å². The third-order valence-corrected chi connectivity index (χ3v) is 6.96. The molecular formula is C17H24N4O4S3. The molecule has 1 amide bonds. The Morgan fingerprint density at radius 1 is 1.32 bits per heavy atom. The van der Waals surface area contributed by atoms with E-state index in [-0.39, 0.29) is 18.9 Å². The molecule has 11 heteroatoms. The van der Waals surface area contributed by atoms with Gasteiger partial charge in [-0.3, -0.25) is 9.10 Å². The number of hydrogen-bond acceptors (Lipinski definition) is 8. The Hall–Kier alpha value is -1.85. The lowest BCUT2D eigenvalue weighted by Gasteiger charge is -2.24. The quantitative estimate of drug-likeness (QED) is 0.419. The van der Waals surface area contributed by atoms with E-state index >= 15 is 0 Å². The van der Waals surface area contributed by atoms with Gasteiger partial charge in [-0.1, -0.05) is 42.2 Å². The number of sulfonamides is 1. The van der Waals surface area contributed by atoms with Crippen LogP contribution in [-0.4, -0.2) is 50.2 Å². The molecule has 0 saturated carbocycles. The van der Waals surface area contributed by atoms with Crippen molar-refractivity contribution >= 4 is 49.8 Å². The van der Waals surface area contributed by atoms with Gasteiger partial charge >= 0.3 is 0 Å². The van der Waals surface area contributed by atoms with Crippen molar-refractivity contribution in [3.05, 3.63) is 24.3 Å². The van der Waals surface area contributed by atoms with Gasteiger partial charge in [0.1, 0.15) is 5.75 Å². The van der Waals surface area contributed by atoms with Crippen molar-refractivity contribution in [2.24, 2.45) is 0 Å². The van der Waals surface area contributed by atoms with E-state index in [9.17, 15) is 13.2 Å². The van der Waals surface area contributed by atoms with Gasteiger partial charge in [0.15, 0.2) is 4.34 Å². The van der Waals surface area contributed by atoms with Crippen LogP contribution in [0.5, 0.6) is 5.75 Å². The molecule has 0 atom stereocenters. The second kappa shape index (κ2) is 10.6. The number of thioether (sulfide) groups is 1. The number of rotatable bonds is 11. The van der Waals surface area contributed by atoms with Crippen LogP contribution in [0.1, 0.15) is 26.2 Å². The molecule has 1 N–H and O–H groups in total. The minimum atomic E-state index is -3.51. The second-order valence-electron chi connectivity index (χ2n) is 5.88. The van der Waals surface area contributed by atoms with E-state index in [0.717, 1.165) is 22.8 Å². The van der Waals surface area contributed by atoms with Gasteiger partial charge in [0.05, 0.1) is 19.1 Å². The molecule has 2 rings (SSSR count). The van der Waals surface area contributed by atoms with E-state index in [1.807, 2.05) is 0 Å². The lowest BCUT2D eigenvalue weighted by molar-refractivity contribution is -0.116. The van der Waals surface area contributed by atoms with Crippen LogP contribution in [0.4, 0.5) is 10.8 Å². The Morgan fingerprint density at radius 3 is 2.75 bits per heavy atom. The Bertz CT molecular complexity index is 886. The van der Waals surface area contributed by atoms with Crippen LogP contribution in [-0.2, 0) is 14.8 Å². The molecule has 1 aromatic heterocycles. The third-order valence-electron chi connectivity index (χ3n) is 3.60. The van der Waals surface area contributed by atoms with Crippen LogP contribution in [0.15, 0.2) is 28.6 Å². The van der Waals surface area contributed by atoms with Crippen LogP contribution in [0.2, 0.25) is 0 Å². The molecule has 0 saturated heterocycles. The minimum absolute atomic E-state index is 0.165. The number of methoxy groups -OCH3 is 1. The van der Waals surface area contributed by atoms with E-state index in [2.05, 4.69) is 22.4 Å². The highest BCUT2D eigenvalue weighted by Crippen LogP contribution is 2.30. The maximum Gasteiger partial charge on any atom is 0.232 e. The molecule has 0 radical (unpaired) electrons. The van der Waals surface area contributed by atoms with E-state index in [0.29, 0.717) is 23.0 Å². The van der Waals surface area contributed by atoms with Crippen molar-refractivity contribution in [3.63, 3.8) is 0 Å². The highest BCUT2D eigenvalue weighted by molar-refractivity contribution is 8.01. The standard InChI is InChI=1S/C17H24N4O4S3/c1-4-12-26-17-20-19-16(27-17)18-15(22)10-7-11-21(28(3,23)24)13-8-5-6-9-14(13)25-2/h5-6,8-9H,4,7,10-12H2,1-3H3,(H,18,19,22). The summed E-state index contributed by atoms with van der Waals surface area (Å²) in [6.07, 6.45) is 2.69. The summed E-state index contributed by atoms with van der Waals surface area (Å²) in [6, 6.07) is 6.89. The average Bonchev–Trinajstić information content (AvgIpc) is 3.09. The normalized spacial score (nSPS) is 11.2. The minimum Gasteiger partial charge on any atom is -0.495 e. The molecule has 0 unspecified atom stereocenters. The number of carbonyl (C=O) groups is 1. The molecule has 0 aliphatic carbocycles. The number of hydrogen-bond donors (Lipinski definition) is 1. The second-order valence-corrected chi connectivity index (χ2v) is 10.1. The summed E-state index contributed by atoms with van der Waals surface area (Å²) in [5.74, 6) is 1.19. The number of benzene rings is 1. The highest BCUT2D eigenvalue weighted by atomic mass is 32.2. The maximum atomic E-state index is 12.2. The topological polar surface area (TPSA) is 101 Å². The Labute approximate surface area is 173 Å². The summed E-state index contributed by atoms with van der Waals surface area (Å²) < 4.78 is 31.7. The van der Waals surface area contributed by atoms with Gasteiger partial charge in [0.2, 0.25) is 21.1 Å². The van der Waals surface area contributed by atoms with E-state index in [1.165, 1.54) is 22.8 Å². The molecule has 0 bridgehead atoms. The Morgan fingerprint density at radius 2 is 2.07 bits per heavy atom. The third kappa shape index (κ3) is 6.64. The summed E-state index contributed by atoms with van der Waals surface area (Å²) >= 11 is 2.94. The molecular weight excluding hydrogens is 420 g/mol. The van der Waals surface area contributed by atoms with Crippen LogP contribution < -0.4 is 14.4 Å². The lowest BCUT2D eigenvalue weighted by atomic mass is 10.2. The summed E-state index contributed by atoms with van der Waals surface area (Å²) in [7, 11) is -2.03. The van der Waals surface area contributed by atoms with Gasteiger partial charge < -0.3 is 10.1 Å². The Balaban J connectivity index is 1.93. The van der Waals surface area contributed by atoms with Crippen LogP contribution in [0, 0.1) is 0 Å². The monoisotopic (exact) mass is 444 g/mol. The van der Waals surface area contributed by atoms with E-state index in [1.54, 1.807) is 36.0 Å². The van der Waals surface area contributed by atoms with Crippen molar-refractivity contribution in [3.8, 4) is 5.75 Å². The van der Waals surface area contributed by atoms with Crippen molar-refractivity contribution in [2.75, 3.05) is 35.3 Å². The SMILES string of the molecule is CCCSc1nnc(NC(=O)CCCN(c2ccccc2OC)S(C)(=O)=O)s1. The summed E-state index contributed by atoms with van der Waals surface area (Å²) in [4.78, 5) is 12.2. The predicted molar refractivity (Wildman–Crippen MR) is 114 cm³/mol. The fourth-order valence-electron chi connectivity index (χ4n) is 2.37. The molecule has 0 aliphatic rings. The number of ether oxygens (including phenoxy) is 1. The number of para-hydroxylation sites is 2. The fourth-order valence-corrected chi connectivity index (χ4v) is 5.04. The molecule has 2 aromatic rings. The first kappa shape index (κ1) is 22.4. The lowest BCUT2D eigenvalue weighted by Crippen LogP contribution is -2.31. The summed E-state index contributed by atoms with van der Waals surface area (Å²) in [5, 5.41) is 11.1. The zero-order valence-corrected chi connectivity index (χ0v) is 18.5. The smallest absolute Gasteiger partial charge is 0.232 e. The van der Waals surface area contributed by atoms with Crippen molar-refractivity contribution in [1.82, 2.24) is 10.2 Å². The average molecular weight is 445 g/mol. The zero-order valence-electron chi connectivity index (χ0n) is 16.0. The van der Waals surface area contributed by atoms with Gasteiger partial charge in [0, 0.05) is 18.7 Å². The summed E-state index contributed by atoms with van der Waals surface area (Å²) in [5.41, 5.74) is 0.453. The molecule has 154 valence electrons. The fraction of sp³-hybridized carbons (Fsp3) is 0.471. The maximum absolute atomic E-state index is 12.2. The van der Waals surface area contributed by atoms with Gasteiger partial charge in [0.25, 0.3) is 0 Å². The van der Waals surface area contributed by atoms with E-state index < -0.39 is 10.0 Å². The van der Waals surface area contributed by atoms with Crippen LogP contribution in [0.3, 0.4) is 0 Å². The van der Waals surface area contributed by atoms with Gasteiger partial charge in [-0.2, -0.15) is 0 Å². The Kier molecular flexibility index (Phi) is 8.52. The number of aromatic nitrogens is 2. The first-order chi connectivity index (χ1) is 13.3. The number of amides is 1.